The van der Waals surface area contributed by atoms with Crippen molar-refractivity contribution in [3.8, 4) is 6.07 Å². The molecule has 0 spiro atoms. The number of hydrogen-bond acceptors (Lipinski definition) is 7. The average molecular weight is 596 g/mol. The molecule has 0 aliphatic carbocycles. The summed E-state index contributed by atoms with van der Waals surface area (Å²) in [5.74, 6) is 0.330. The molecule has 0 saturated carbocycles. The van der Waals surface area contributed by atoms with Gasteiger partial charge in [0.15, 0.2) is 0 Å². The molecule has 0 radical (unpaired) electrons. The maximum absolute atomic E-state index is 13.5. The minimum absolute atomic E-state index is 0.0920. The number of rotatable bonds is 11. The van der Waals surface area contributed by atoms with Crippen molar-refractivity contribution in [2.45, 2.75) is 65.8 Å². The van der Waals surface area contributed by atoms with E-state index in [1.54, 1.807) is 28.5 Å². The summed E-state index contributed by atoms with van der Waals surface area (Å²) < 4.78 is 15.6. The fourth-order valence-corrected chi connectivity index (χ4v) is 6.77. The monoisotopic (exact) mass is 595 g/mol. The van der Waals surface area contributed by atoms with E-state index in [9.17, 15) is 19.2 Å². The van der Waals surface area contributed by atoms with Gasteiger partial charge in [-0.3, -0.25) is 19.1 Å². The van der Waals surface area contributed by atoms with E-state index < -0.39 is 0 Å². The summed E-state index contributed by atoms with van der Waals surface area (Å²) in [6.45, 7) is 9.47. The van der Waals surface area contributed by atoms with E-state index >= 15 is 0 Å². The van der Waals surface area contributed by atoms with Crippen LogP contribution in [0.5, 0.6) is 0 Å². The zero-order chi connectivity index (χ0) is 29.5. The number of piperazine rings is 1. The van der Waals surface area contributed by atoms with Crippen LogP contribution < -0.4 is 15.4 Å². The number of carbonyl (C=O) groups is 1. The third kappa shape index (κ3) is 6.84. The van der Waals surface area contributed by atoms with E-state index in [0.29, 0.717) is 65.4 Å². The molecule has 0 N–H and O–H groups in total. The van der Waals surface area contributed by atoms with E-state index in [2.05, 4.69) is 22.8 Å². The normalized spacial score (nSPS) is 16.7. The Morgan fingerprint density at radius 1 is 1.00 bits per heavy atom. The van der Waals surface area contributed by atoms with E-state index in [4.69, 9.17) is 12.2 Å². The molecule has 2 saturated heterocycles. The van der Waals surface area contributed by atoms with Crippen molar-refractivity contribution in [2.75, 3.05) is 42.5 Å². The van der Waals surface area contributed by atoms with Crippen LogP contribution >= 0.6 is 24.0 Å². The first-order chi connectivity index (χ1) is 19.8. The lowest BCUT2D eigenvalue weighted by atomic mass is 10.0. The molecular weight excluding hydrogens is 558 g/mol. The number of hydrogen-bond donors (Lipinski definition) is 0. The second kappa shape index (κ2) is 14.1. The summed E-state index contributed by atoms with van der Waals surface area (Å²) in [7, 11) is 0. The van der Waals surface area contributed by atoms with Crippen LogP contribution in [-0.4, -0.2) is 52.4 Å². The summed E-state index contributed by atoms with van der Waals surface area (Å²) in [6.07, 6.45) is 8.60. The largest absolute Gasteiger partial charge is 0.368 e. The molecule has 7 nitrogen and oxygen atoms in total. The van der Waals surface area contributed by atoms with Crippen molar-refractivity contribution in [3.63, 3.8) is 0 Å². The summed E-state index contributed by atoms with van der Waals surface area (Å²) in [4.78, 5) is 33.3. The molecule has 3 heterocycles. The van der Waals surface area contributed by atoms with Gasteiger partial charge in [-0.25, -0.2) is 4.39 Å². The number of carbonyl (C=O) groups excluding carboxylic acids is 1. The molecule has 10 heteroatoms. The van der Waals surface area contributed by atoms with Gasteiger partial charge in [0.05, 0.1) is 4.91 Å². The van der Waals surface area contributed by atoms with Crippen molar-refractivity contribution in [2.24, 2.45) is 0 Å². The SMILES string of the molecule is CCCCCCCCN1C(=O)/C(=C\c2c(C)c(C#N)c(=O)n(CC)c2N2CCN(c3ccc(F)cc3)CC2)SC1=S. The number of pyridine rings is 1. The van der Waals surface area contributed by atoms with Crippen molar-refractivity contribution in [3.05, 3.63) is 62.0 Å². The molecule has 41 heavy (non-hydrogen) atoms. The molecule has 0 atom stereocenters. The van der Waals surface area contributed by atoms with Crippen LogP contribution in [0.1, 0.15) is 69.1 Å². The average Bonchev–Trinajstić information content (AvgIpc) is 3.24. The van der Waals surface area contributed by atoms with Gasteiger partial charge in [0.25, 0.3) is 11.5 Å². The van der Waals surface area contributed by atoms with Gasteiger partial charge >= 0.3 is 0 Å². The Balaban J connectivity index is 1.62. The lowest BCUT2D eigenvalue weighted by Gasteiger charge is -2.39. The van der Waals surface area contributed by atoms with Crippen molar-refractivity contribution >= 4 is 51.8 Å². The van der Waals surface area contributed by atoms with Gasteiger partial charge in [-0.1, -0.05) is 63.0 Å². The number of thiocarbonyl (C=S) groups is 1. The number of unbranched alkanes of at least 4 members (excludes halogenated alkanes) is 5. The third-order valence-corrected chi connectivity index (χ3v) is 9.20. The van der Waals surface area contributed by atoms with Gasteiger partial charge in [0.1, 0.15) is 27.6 Å². The van der Waals surface area contributed by atoms with Crippen LogP contribution in [0, 0.1) is 24.1 Å². The topological polar surface area (TPSA) is 72.6 Å². The highest BCUT2D eigenvalue weighted by atomic mass is 32.2. The van der Waals surface area contributed by atoms with Gasteiger partial charge in [-0.2, -0.15) is 5.26 Å². The molecule has 2 aliphatic rings. The maximum atomic E-state index is 13.5. The lowest BCUT2D eigenvalue weighted by molar-refractivity contribution is -0.122. The van der Waals surface area contributed by atoms with Crippen molar-refractivity contribution in [1.29, 1.82) is 5.26 Å². The first kappa shape index (κ1) is 30.8. The molecular formula is C31H38FN5O2S2. The van der Waals surface area contributed by atoms with Gasteiger partial charge < -0.3 is 9.80 Å². The highest BCUT2D eigenvalue weighted by Crippen LogP contribution is 2.36. The summed E-state index contributed by atoms with van der Waals surface area (Å²) in [5, 5.41) is 9.86. The van der Waals surface area contributed by atoms with Crippen LogP contribution in [0.15, 0.2) is 34.0 Å². The van der Waals surface area contributed by atoms with E-state index in [0.717, 1.165) is 24.9 Å². The maximum Gasteiger partial charge on any atom is 0.270 e. The predicted octanol–water partition coefficient (Wildman–Crippen LogP) is 6.08. The summed E-state index contributed by atoms with van der Waals surface area (Å²) in [6, 6.07) is 8.57. The number of amides is 1. The van der Waals surface area contributed by atoms with Crippen LogP contribution in [0.2, 0.25) is 0 Å². The molecule has 218 valence electrons. The molecule has 4 rings (SSSR count). The first-order valence-corrected chi connectivity index (χ1v) is 15.7. The lowest BCUT2D eigenvalue weighted by Crippen LogP contribution is -2.48. The van der Waals surface area contributed by atoms with Gasteiger partial charge in [-0.05, 0) is 56.2 Å². The molecule has 1 aromatic carbocycles. The fraction of sp³-hybridized carbons (Fsp3) is 0.484. The molecule has 0 unspecified atom stereocenters. The standard InChI is InChI=1S/C31H38FN5O2S2/c1-4-6-7-8-9-10-15-37-30(39)27(41-31(37)40)20-25-22(3)26(21-33)29(38)36(5-2)28(25)35-18-16-34(17-19-35)24-13-11-23(32)12-14-24/h11-14,20H,4-10,15-19H2,1-3H3/b27-20+. The molecule has 2 aromatic rings. The number of nitrogens with zero attached hydrogens (tertiary/aromatic N) is 5. The molecule has 1 amide bonds. The fourth-order valence-electron chi connectivity index (χ4n) is 5.48. The number of thioether (sulfide) groups is 1. The zero-order valence-corrected chi connectivity index (χ0v) is 25.8. The Labute approximate surface area is 251 Å². The minimum atomic E-state index is -0.323. The number of benzene rings is 1. The Hall–Kier alpha value is -3.16. The van der Waals surface area contributed by atoms with Gasteiger partial charge in [0.2, 0.25) is 0 Å². The van der Waals surface area contributed by atoms with Crippen molar-refractivity contribution < 1.29 is 9.18 Å². The summed E-state index contributed by atoms with van der Waals surface area (Å²) in [5.41, 5.74) is 1.99. The highest BCUT2D eigenvalue weighted by molar-refractivity contribution is 8.26. The van der Waals surface area contributed by atoms with Crippen LogP contribution in [0.3, 0.4) is 0 Å². The van der Waals surface area contributed by atoms with E-state index in [1.165, 1.54) is 43.2 Å². The Kier molecular flexibility index (Phi) is 10.6. The number of nitriles is 1. The smallest absolute Gasteiger partial charge is 0.270 e. The van der Waals surface area contributed by atoms with Crippen LogP contribution in [-0.2, 0) is 11.3 Å². The van der Waals surface area contributed by atoms with Crippen LogP contribution in [0.4, 0.5) is 15.9 Å². The third-order valence-electron chi connectivity index (χ3n) is 7.82. The molecule has 2 aliphatic heterocycles. The number of aromatic nitrogens is 1. The van der Waals surface area contributed by atoms with E-state index in [-0.39, 0.29) is 22.8 Å². The zero-order valence-electron chi connectivity index (χ0n) is 24.1. The van der Waals surface area contributed by atoms with Crippen molar-refractivity contribution in [1.82, 2.24) is 9.47 Å². The van der Waals surface area contributed by atoms with E-state index in [1.807, 2.05) is 13.0 Å². The predicted molar refractivity (Wildman–Crippen MR) is 170 cm³/mol. The second-order valence-electron chi connectivity index (χ2n) is 10.5. The van der Waals surface area contributed by atoms with Gasteiger partial charge in [-0.15, -0.1) is 0 Å². The molecule has 0 bridgehead atoms. The quantitative estimate of drug-likeness (QED) is 0.177. The highest BCUT2D eigenvalue weighted by Gasteiger charge is 2.33. The Bertz CT molecular complexity index is 1410. The number of anilines is 2. The molecule has 2 fully saturated rings. The van der Waals surface area contributed by atoms with Gasteiger partial charge in [0, 0.05) is 50.5 Å². The minimum Gasteiger partial charge on any atom is -0.368 e. The second-order valence-corrected chi connectivity index (χ2v) is 12.1. The Morgan fingerprint density at radius 2 is 1.63 bits per heavy atom. The molecule has 1 aromatic heterocycles. The summed E-state index contributed by atoms with van der Waals surface area (Å²) >= 11 is 6.87. The number of halogens is 1. The first-order valence-electron chi connectivity index (χ1n) is 14.5. The van der Waals surface area contributed by atoms with Crippen LogP contribution in [0.25, 0.3) is 6.08 Å². The Morgan fingerprint density at radius 3 is 2.27 bits per heavy atom.